The van der Waals surface area contributed by atoms with Gasteiger partial charge in [0.05, 0.1) is 24.5 Å². The molecule has 3 heterocycles. The minimum Gasteiger partial charge on any atom is -0.379 e. The van der Waals surface area contributed by atoms with Crippen molar-refractivity contribution in [2.75, 3.05) is 23.8 Å². The fraction of sp³-hybridized carbons (Fsp3) is 0.476. The van der Waals surface area contributed by atoms with Gasteiger partial charge >= 0.3 is 0 Å². The Kier molecular flexibility index (Phi) is 5.20. The van der Waals surface area contributed by atoms with Gasteiger partial charge in [0.2, 0.25) is 11.9 Å². The van der Waals surface area contributed by atoms with Crippen molar-refractivity contribution in [3.63, 3.8) is 0 Å². The number of hydrogen-bond acceptors (Lipinski definition) is 6. The standard InChI is InChI=1S/C21H24F2N6O/c22-13-6-7-17(16(23)10-13)26-21-27-18-11-24-20(25-14-4-2-1-3-5-14)28-19(18)29(21)15-8-9-30-12-15/h6-7,10-11,14-15H,1-5,8-9,12H2,(H,26,27)(H,24,25,28)/t15-/m0/s1. The second kappa shape index (κ2) is 8.14. The molecule has 9 heteroatoms. The van der Waals surface area contributed by atoms with Gasteiger partial charge in [-0.25, -0.2) is 18.7 Å². The summed E-state index contributed by atoms with van der Waals surface area (Å²) in [5.74, 6) is -0.286. The summed E-state index contributed by atoms with van der Waals surface area (Å²) < 4.78 is 35.0. The summed E-state index contributed by atoms with van der Waals surface area (Å²) in [5, 5.41) is 6.45. The maximum absolute atomic E-state index is 14.2. The summed E-state index contributed by atoms with van der Waals surface area (Å²) in [6.45, 7) is 1.17. The van der Waals surface area contributed by atoms with Crippen LogP contribution in [0.15, 0.2) is 24.4 Å². The molecule has 2 fully saturated rings. The Balaban J connectivity index is 1.51. The fourth-order valence-corrected chi connectivity index (χ4v) is 4.26. The monoisotopic (exact) mass is 414 g/mol. The van der Waals surface area contributed by atoms with Crippen molar-refractivity contribution < 1.29 is 13.5 Å². The lowest BCUT2D eigenvalue weighted by atomic mass is 9.96. The third kappa shape index (κ3) is 3.81. The minimum atomic E-state index is -0.679. The maximum atomic E-state index is 14.2. The zero-order valence-electron chi connectivity index (χ0n) is 16.6. The van der Waals surface area contributed by atoms with Crippen molar-refractivity contribution >= 4 is 28.7 Å². The molecule has 3 aromatic rings. The Labute approximate surface area is 172 Å². The largest absolute Gasteiger partial charge is 0.379 e. The van der Waals surface area contributed by atoms with Gasteiger partial charge in [0.15, 0.2) is 5.65 Å². The molecule has 1 aliphatic heterocycles. The molecule has 1 aliphatic carbocycles. The molecule has 30 heavy (non-hydrogen) atoms. The normalized spacial score (nSPS) is 20.0. The van der Waals surface area contributed by atoms with Crippen LogP contribution >= 0.6 is 0 Å². The third-order valence-electron chi connectivity index (χ3n) is 5.82. The van der Waals surface area contributed by atoms with Crippen LogP contribution in [-0.4, -0.2) is 38.8 Å². The second-order valence-corrected chi connectivity index (χ2v) is 7.95. The predicted molar refractivity (Wildman–Crippen MR) is 110 cm³/mol. The summed E-state index contributed by atoms with van der Waals surface area (Å²) in [6.07, 6.45) is 8.44. The SMILES string of the molecule is Fc1ccc(Nc2nc3cnc(NC4CCCCC4)nc3n2[C@H]2CCOC2)c(F)c1. The number of hydrogen-bond donors (Lipinski definition) is 2. The number of aromatic nitrogens is 4. The highest BCUT2D eigenvalue weighted by Gasteiger charge is 2.25. The van der Waals surface area contributed by atoms with E-state index >= 15 is 0 Å². The number of anilines is 3. The summed E-state index contributed by atoms with van der Waals surface area (Å²) in [5.41, 5.74) is 1.44. The molecule has 5 rings (SSSR count). The van der Waals surface area contributed by atoms with Gasteiger partial charge in [-0.3, -0.25) is 4.57 Å². The van der Waals surface area contributed by atoms with E-state index < -0.39 is 11.6 Å². The van der Waals surface area contributed by atoms with E-state index in [0.717, 1.165) is 25.3 Å². The van der Waals surface area contributed by atoms with E-state index in [0.29, 0.717) is 42.3 Å². The van der Waals surface area contributed by atoms with E-state index in [2.05, 4.69) is 20.6 Å². The molecule has 0 unspecified atom stereocenters. The minimum absolute atomic E-state index is 0.0263. The first-order chi connectivity index (χ1) is 14.7. The van der Waals surface area contributed by atoms with Crippen LogP contribution in [-0.2, 0) is 4.74 Å². The van der Waals surface area contributed by atoms with Gasteiger partial charge in [-0.2, -0.15) is 4.98 Å². The van der Waals surface area contributed by atoms with Gasteiger partial charge in [0, 0.05) is 18.7 Å². The van der Waals surface area contributed by atoms with E-state index in [1.54, 1.807) is 6.20 Å². The number of ether oxygens (including phenoxy) is 1. The number of benzene rings is 1. The number of imidazole rings is 1. The van der Waals surface area contributed by atoms with Crippen molar-refractivity contribution in [1.82, 2.24) is 19.5 Å². The predicted octanol–water partition coefficient (Wildman–Crippen LogP) is 4.55. The highest BCUT2D eigenvalue weighted by atomic mass is 19.1. The fourth-order valence-electron chi connectivity index (χ4n) is 4.26. The molecular formula is C21H24F2N6O. The van der Waals surface area contributed by atoms with Gasteiger partial charge < -0.3 is 15.4 Å². The molecule has 1 saturated heterocycles. The summed E-state index contributed by atoms with van der Waals surface area (Å²) >= 11 is 0. The highest BCUT2D eigenvalue weighted by Crippen LogP contribution is 2.31. The number of rotatable bonds is 5. The van der Waals surface area contributed by atoms with Crippen molar-refractivity contribution in [3.8, 4) is 0 Å². The smallest absolute Gasteiger partial charge is 0.224 e. The Hall–Kier alpha value is -2.81. The van der Waals surface area contributed by atoms with Gasteiger partial charge in [0.1, 0.15) is 17.2 Å². The van der Waals surface area contributed by atoms with Crippen LogP contribution in [0.3, 0.4) is 0 Å². The quantitative estimate of drug-likeness (QED) is 0.638. The Morgan fingerprint density at radius 1 is 1.07 bits per heavy atom. The molecule has 158 valence electrons. The number of nitrogens with zero attached hydrogens (tertiary/aromatic N) is 4. The van der Waals surface area contributed by atoms with Gasteiger partial charge in [-0.15, -0.1) is 0 Å². The lowest BCUT2D eigenvalue weighted by molar-refractivity contribution is 0.187. The summed E-state index contributed by atoms with van der Waals surface area (Å²) in [7, 11) is 0. The van der Waals surface area contributed by atoms with Crippen LogP contribution in [0.1, 0.15) is 44.6 Å². The zero-order chi connectivity index (χ0) is 20.5. The average molecular weight is 414 g/mol. The number of nitrogens with one attached hydrogen (secondary N) is 2. The molecular weight excluding hydrogens is 390 g/mol. The van der Waals surface area contributed by atoms with Gasteiger partial charge in [0.25, 0.3) is 0 Å². The van der Waals surface area contributed by atoms with Crippen LogP contribution in [0.2, 0.25) is 0 Å². The molecule has 1 atom stereocenters. The topological polar surface area (TPSA) is 76.9 Å². The first kappa shape index (κ1) is 19.2. The highest BCUT2D eigenvalue weighted by molar-refractivity contribution is 5.76. The van der Waals surface area contributed by atoms with Crippen LogP contribution in [0, 0.1) is 11.6 Å². The molecule has 0 bridgehead atoms. The molecule has 0 spiro atoms. The van der Waals surface area contributed by atoms with E-state index in [9.17, 15) is 8.78 Å². The van der Waals surface area contributed by atoms with Gasteiger partial charge in [-0.05, 0) is 31.4 Å². The molecule has 1 saturated carbocycles. The first-order valence-electron chi connectivity index (χ1n) is 10.5. The number of halogens is 2. The molecule has 0 amide bonds. The Bertz CT molecular complexity index is 1040. The Morgan fingerprint density at radius 2 is 1.93 bits per heavy atom. The number of fused-ring (bicyclic) bond motifs is 1. The lowest BCUT2D eigenvalue weighted by Crippen LogP contribution is -2.23. The van der Waals surface area contributed by atoms with Crippen molar-refractivity contribution in [3.05, 3.63) is 36.0 Å². The van der Waals surface area contributed by atoms with Crippen LogP contribution in [0.4, 0.5) is 26.4 Å². The van der Waals surface area contributed by atoms with E-state index in [1.165, 1.54) is 31.4 Å². The van der Waals surface area contributed by atoms with Crippen molar-refractivity contribution in [2.24, 2.45) is 0 Å². The molecule has 7 nitrogen and oxygen atoms in total. The molecule has 2 N–H and O–H groups in total. The molecule has 2 aliphatic rings. The molecule has 0 radical (unpaired) electrons. The molecule has 2 aromatic heterocycles. The van der Waals surface area contributed by atoms with E-state index in [1.807, 2.05) is 4.57 Å². The van der Waals surface area contributed by atoms with Crippen LogP contribution < -0.4 is 10.6 Å². The summed E-state index contributed by atoms with van der Waals surface area (Å²) in [4.78, 5) is 13.8. The van der Waals surface area contributed by atoms with Crippen molar-refractivity contribution in [1.29, 1.82) is 0 Å². The first-order valence-corrected chi connectivity index (χ1v) is 10.5. The lowest BCUT2D eigenvalue weighted by Gasteiger charge is -2.22. The van der Waals surface area contributed by atoms with Gasteiger partial charge in [-0.1, -0.05) is 19.3 Å². The van der Waals surface area contributed by atoms with Crippen molar-refractivity contribution in [2.45, 2.75) is 50.6 Å². The third-order valence-corrected chi connectivity index (χ3v) is 5.82. The maximum Gasteiger partial charge on any atom is 0.224 e. The molecule has 1 aromatic carbocycles. The van der Waals surface area contributed by atoms with E-state index in [-0.39, 0.29) is 11.7 Å². The average Bonchev–Trinajstić information content (AvgIpc) is 3.38. The zero-order valence-corrected chi connectivity index (χ0v) is 16.6. The second-order valence-electron chi connectivity index (χ2n) is 7.95. The van der Waals surface area contributed by atoms with E-state index in [4.69, 9.17) is 9.72 Å². The van der Waals surface area contributed by atoms with Crippen LogP contribution in [0.25, 0.3) is 11.2 Å². The Morgan fingerprint density at radius 3 is 2.70 bits per heavy atom. The summed E-state index contributed by atoms with van der Waals surface area (Å²) in [6, 6.07) is 3.83. The van der Waals surface area contributed by atoms with Crippen LogP contribution in [0.5, 0.6) is 0 Å².